The third-order valence-corrected chi connectivity index (χ3v) is 7.29. The zero-order valence-corrected chi connectivity index (χ0v) is 19.3. The summed E-state index contributed by atoms with van der Waals surface area (Å²) in [6.45, 7) is 5.95. The summed E-state index contributed by atoms with van der Waals surface area (Å²) in [5, 5.41) is 1.93. The van der Waals surface area contributed by atoms with E-state index in [9.17, 15) is 9.59 Å². The van der Waals surface area contributed by atoms with E-state index >= 15 is 0 Å². The maximum atomic E-state index is 13.6. The first-order chi connectivity index (χ1) is 15.5. The first-order valence-electron chi connectivity index (χ1n) is 10.1. The van der Waals surface area contributed by atoms with Gasteiger partial charge in [-0.1, -0.05) is 17.4 Å². The molecule has 0 bridgehead atoms. The monoisotopic (exact) mass is 468 g/mol. The van der Waals surface area contributed by atoms with Crippen LogP contribution in [-0.2, 0) is 9.53 Å². The number of thiazole rings is 1. The second-order valence-electron chi connectivity index (χ2n) is 7.38. The maximum Gasteiger partial charge on any atom is 0.338 e. The number of carbonyl (C=O) groups is 1. The number of carbonyl (C=O) groups excluding carboxylic acids is 1. The van der Waals surface area contributed by atoms with Crippen LogP contribution in [0.3, 0.4) is 0 Å². The molecule has 0 amide bonds. The second-order valence-corrected chi connectivity index (χ2v) is 9.37. The number of thiophene rings is 1. The molecule has 0 unspecified atom stereocenters. The van der Waals surface area contributed by atoms with Crippen molar-refractivity contribution in [1.29, 1.82) is 0 Å². The number of hydrogen-bond donors (Lipinski definition) is 0. The van der Waals surface area contributed by atoms with E-state index in [2.05, 4.69) is 4.99 Å². The summed E-state index contributed by atoms with van der Waals surface area (Å²) in [6.07, 6.45) is 1.84. The molecule has 9 heteroatoms. The Hall–Kier alpha value is -3.17. The van der Waals surface area contributed by atoms with Crippen LogP contribution in [0.1, 0.15) is 35.9 Å². The van der Waals surface area contributed by atoms with Gasteiger partial charge in [0.25, 0.3) is 5.56 Å². The fourth-order valence-electron chi connectivity index (χ4n) is 3.86. The minimum Gasteiger partial charge on any atom is -0.463 e. The van der Waals surface area contributed by atoms with Gasteiger partial charge in [0.1, 0.15) is 6.04 Å². The lowest BCUT2D eigenvalue weighted by atomic mass is 10.0. The van der Waals surface area contributed by atoms with Crippen molar-refractivity contribution in [3.8, 4) is 11.5 Å². The molecule has 7 nitrogen and oxygen atoms in total. The first-order valence-corrected chi connectivity index (χ1v) is 11.8. The van der Waals surface area contributed by atoms with Crippen molar-refractivity contribution in [1.82, 2.24) is 4.57 Å². The van der Waals surface area contributed by atoms with Gasteiger partial charge in [-0.15, -0.1) is 11.3 Å². The van der Waals surface area contributed by atoms with E-state index in [0.29, 0.717) is 32.1 Å². The van der Waals surface area contributed by atoms with Crippen LogP contribution in [0.25, 0.3) is 6.08 Å². The van der Waals surface area contributed by atoms with Gasteiger partial charge in [-0.2, -0.15) is 0 Å². The van der Waals surface area contributed by atoms with Crippen molar-refractivity contribution in [3.63, 3.8) is 0 Å². The van der Waals surface area contributed by atoms with Crippen molar-refractivity contribution in [2.75, 3.05) is 13.4 Å². The fourth-order valence-corrected chi connectivity index (χ4v) is 5.72. The van der Waals surface area contributed by atoms with Gasteiger partial charge in [-0.05, 0) is 61.6 Å². The summed E-state index contributed by atoms with van der Waals surface area (Å²) in [5.74, 6) is 0.910. The molecule has 1 aromatic carbocycles. The Morgan fingerprint density at radius 1 is 1.31 bits per heavy atom. The molecule has 2 aromatic heterocycles. The molecule has 0 N–H and O–H groups in total. The lowest BCUT2D eigenvalue weighted by molar-refractivity contribution is -0.139. The van der Waals surface area contributed by atoms with Gasteiger partial charge in [0.15, 0.2) is 16.3 Å². The van der Waals surface area contributed by atoms with Gasteiger partial charge < -0.3 is 14.2 Å². The van der Waals surface area contributed by atoms with Crippen LogP contribution < -0.4 is 24.4 Å². The lowest BCUT2D eigenvalue weighted by Crippen LogP contribution is -2.39. The van der Waals surface area contributed by atoms with E-state index in [4.69, 9.17) is 14.2 Å². The number of rotatable bonds is 4. The molecular formula is C23H20N2O5S2. The molecule has 1 atom stereocenters. The zero-order valence-electron chi connectivity index (χ0n) is 17.7. The van der Waals surface area contributed by atoms with Crippen LogP contribution in [0.2, 0.25) is 0 Å². The van der Waals surface area contributed by atoms with Crippen LogP contribution in [0.5, 0.6) is 11.5 Å². The largest absolute Gasteiger partial charge is 0.463 e. The van der Waals surface area contributed by atoms with Gasteiger partial charge in [0, 0.05) is 4.88 Å². The Balaban J connectivity index is 1.70. The van der Waals surface area contributed by atoms with E-state index in [1.807, 2.05) is 42.6 Å². The van der Waals surface area contributed by atoms with Gasteiger partial charge in [0.2, 0.25) is 6.79 Å². The van der Waals surface area contributed by atoms with E-state index < -0.39 is 12.0 Å². The summed E-state index contributed by atoms with van der Waals surface area (Å²) in [5.41, 5.74) is 2.60. The highest BCUT2D eigenvalue weighted by Crippen LogP contribution is 2.35. The molecule has 3 aromatic rings. The molecule has 0 saturated heterocycles. The standard InChI is InChI=1S/C23H20N2O5S2/c1-4-28-22(27)19-13(3)24-23-25(20(19)17-6-5-7-31-17)21(26)18(32-23)10-14-9-16-15(8-12(14)2)29-11-30-16/h5-10,20H,4,11H2,1-3H3/t20-/m0/s1. The van der Waals surface area contributed by atoms with Gasteiger partial charge in [-0.25, -0.2) is 9.79 Å². The maximum absolute atomic E-state index is 13.6. The molecule has 0 aliphatic carbocycles. The fraction of sp³-hybridized carbons (Fsp3) is 0.261. The Kier molecular flexibility index (Phi) is 5.22. The summed E-state index contributed by atoms with van der Waals surface area (Å²) < 4.78 is 18.4. The van der Waals surface area contributed by atoms with Gasteiger partial charge in [0.05, 0.1) is 22.4 Å². The third kappa shape index (κ3) is 3.37. The predicted octanol–water partition coefficient (Wildman–Crippen LogP) is 2.90. The molecule has 32 heavy (non-hydrogen) atoms. The number of benzene rings is 1. The number of esters is 1. The minimum absolute atomic E-state index is 0.192. The van der Waals surface area contributed by atoms with Crippen LogP contribution in [0.15, 0.2) is 50.7 Å². The summed E-state index contributed by atoms with van der Waals surface area (Å²) >= 11 is 2.80. The summed E-state index contributed by atoms with van der Waals surface area (Å²) in [6, 6.07) is 7.05. The number of fused-ring (bicyclic) bond motifs is 2. The minimum atomic E-state index is -0.565. The lowest BCUT2D eigenvalue weighted by Gasteiger charge is -2.23. The highest BCUT2D eigenvalue weighted by atomic mass is 32.1. The molecule has 5 rings (SSSR count). The Morgan fingerprint density at radius 2 is 2.09 bits per heavy atom. The summed E-state index contributed by atoms with van der Waals surface area (Å²) in [4.78, 5) is 32.4. The van der Waals surface area contributed by atoms with Gasteiger partial charge >= 0.3 is 5.97 Å². The smallest absolute Gasteiger partial charge is 0.338 e. The summed E-state index contributed by atoms with van der Waals surface area (Å²) in [7, 11) is 0. The SMILES string of the molecule is CCOC(=O)C1=C(C)N=c2sc(=Cc3cc4c(cc3C)OCO4)c(=O)n2[C@H]1c1cccs1. The highest BCUT2D eigenvalue weighted by Gasteiger charge is 2.33. The first kappa shape index (κ1) is 20.7. The van der Waals surface area contributed by atoms with Crippen molar-refractivity contribution >= 4 is 34.7 Å². The number of ether oxygens (including phenoxy) is 3. The molecule has 4 heterocycles. The van der Waals surface area contributed by atoms with Crippen LogP contribution in [0, 0.1) is 6.92 Å². The normalized spacial score (nSPS) is 17.3. The number of aryl methyl sites for hydroxylation is 1. The van der Waals surface area contributed by atoms with Gasteiger partial charge in [-0.3, -0.25) is 9.36 Å². The number of aromatic nitrogens is 1. The van der Waals surface area contributed by atoms with Crippen LogP contribution in [-0.4, -0.2) is 23.9 Å². The molecule has 0 spiro atoms. The predicted molar refractivity (Wildman–Crippen MR) is 122 cm³/mol. The third-order valence-electron chi connectivity index (χ3n) is 5.38. The number of allylic oxidation sites excluding steroid dienone is 1. The Bertz CT molecular complexity index is 1430. The van der Waals surface area contributed by atoms with Crippen molar-refractivity contribution in [2.45, 2.75) is 26.8 Å². The van der Waals surface area contributed by atoms with Crippen molar-refractivity contribution in [3.05, 3.63) is 76.6 Å². The molecule has 0 saturated carbocycles. The van der Waals surface area contributed by atoms with E-state index in [-0.39, 0.29) is 19.0 Å². The van der Waals surface area contributed by atoms with Crippen LogP contribution in [0.4, 0.5) is 0 Å². The van der Waals surface area contributed by atoms with Crippen molar-refractivity contribution < 1.29 is 19.0 Å². The molecule has 2 aliphatic rings. The van der Waals surface area contributed by atoms with E-state index in [0.717, 1.165) is 16.0 Å². The van der Waals surface area contributed by atoms with Crippen molar-refractivity contribution in [2.24, 2.45) is 4.99 Å². The molecule has 164 valence electrons. The molecular weight excluding hydrogens is 448 g/mol. The zero-order chi connectivity index (χ0) is 22.4. The highest BCUT2D eigenvalue weighted by molar-refractivity contribution is 7.10. The Morgan fingerprint density at radius 3 is 2.81 bits per heavy atom. The molecule has 0 radical (unpaired) electrons. The average Bonchev–Trinajstić information content (AvgIpc) is 3.49. The van der Waals surface area contributed by atoms with E-state index in [1.54, 1.807) is 18.4 Å². The Labute approximate surface area is 191 Å². The molecule has 0 fully saturated rings. The second kappa shape index (κ2) is 8.07. The topological polar surface area (TPSA) is 79.1 Å². The van der Waals surface area contributed by atoms with E-state index in [1.165, 1.54) is 22.7 Å². The quantitative estimate of drug-likeness (QED) is 0.550. The van der Waals surface area contributed by atoms with Crippen LogP contribution >= 0.6 is 22.7 Å². The number of nitrogens with zero attached hydrogens (tertiary/aromatic N) is 2. The molecule has 2 aliphatic heterocycles. The number of hydrogen-bond acceptors (Lipinski definition) is 8. The average molecular weight is 469 g/mol.